The fraction of sp³-hybridized carbons (Fsp3) is 0.286. The van der Waals surface area contributed by atoms with Gasteiger partial charge >= 0.3 is 0 Å². The first-order valence-corrected chi connectivity index (χ1v) is 11.8. The molecule has 0 radical (unpaired) electrons. The molecule has 0 bridgehead atoms. The number of hydrogen-bond acceptors (Lipinski definition) is 5. The number of amides is 1. The summed E-state index contributed by atoms with van der Waals surface area (Å²) in [6.45, 7) is 4.17. The lowest BCUT2D eigenvalue weighted by Gasteiger charge is -2.36. The van der Waals surface area contributed by atoms with Gasteiger partial charge in [-0.1, -0.05) is 42.5 Å². The number of anilines is 2. The van der Waals surface area contributed by atoms with Crippen LogP contribution in [0.3, 0.4) is 0 Å². The van der Waals surface area contributed by atoms with E-state index >= 15 is 0 Å². The van der Waals surface area contributed by atoms with Crippen LogP contribution < -0.4 is 19.9 Å². The van der Waals surface area contributed by atoms with E-state index in [0.29, 0.717) is 17.9 Å². The number of benzene rings is 3. The van der Waals surface area contributed by atoms with Crippen molar-refractivity contribution in [2.75, 3.05) is 43.1 Å². The number of nitrogens with zero attached hydrogens (tertiary/aromatic N) is 2. The summed E-state index contributed by atoms with van der Waals surface area (Å²) in [6, 6.07) is 23.4. The van der Waals surface area contributed by atoms with Crippen LogP contribution in [-0.4, -0.2) is 45.0 Å². The number of carbonyl (C=O) groups is 2. The van der Waals surface area contributed by atoms with Gasteiger partial charge in [0.2, 0.25) is 5.91 Å². The van der Waals surface area contributed by atoms with Crippen molar-refractivity contribution in [1.29, 1.82) is 0 Å². The Morgan fingerprint density at radius 2 is 1.74 bits per heavy atom. The maximum absolute atomic E-state index is 13.8. The SMILES string of the molecule is COc1ccccc1C(=O)C1CC(=O)N(Cc2ccccc2)c2ccc(N3CCNCC3)cc21. The van der Waals surface area contributed by atoms with Gasteiger partial charge in [-0.2, -0.15) is 0 Å². The van der Waals surface area contributed by atoms with Gasteiger partial charge in [-0.3, -0.25) is 9.59 Å². The van der Waals surface area contributed by atoms with E-state index in [1.165, 1.54) is 0 Å². The fourth-order valence-corrected chi connectivity index (χ4v) is 4.92. The second-order valence-electron chi connectivity index (χ2n) is 8.77. The van der Waals surface area contributed by atoms with Gasteiger partial charge in [0.05, 0.1) is 25.1 Å². The summed E-state index contributed by atoms with van der Waals surface area (Å²) in [7, 11) is 1.57. The summed E-state index contributed by atoms with van der Waals surface area (Å²) in [4.78, 5) is 31.3. The molecule has 0 saturated carbocycles. The Balaban J connectivity index is 1.57. The molecular weight excluding hydrogens is 426 g/mol. The number of fused-ring (bicyclic) bond motifs is 1. The van der Waals surface area contributed by atoms with Crippen molar-refractivity contribution in [3.63, 3.8) is 0 Å². The molecule has 1 N–H and O–H groups in total. The maximum atomic E-state index is 13.8. The second kappa shape index (κ2) is 9.69. The monoisotopic (exact) mass is 455 g/mol. The van der Waals surface area contributed by atoms with Crippen LogP contribution in [0.1, 0.15) is 33.8 Å². The summed E-state index contributed by atoms with van der Waals surface area (Å²) in [6.07, 6.45) is 0.141. The highest BCUT2D eigenvalue weighted by atomic mass is 16.5. The number of rotatable bonds is 6. The Bertz CT molecular complexity index is 1190. The Morgan fingerprint density at radius 3 is 2.50 bits per heavy atom. The minimum Gasteiger partial charge on any atom is -0.496 e. The van der Waals surface area contributed by atoms with Crippen LogP contribution in [0.25, 0.3) is 0 Å². The molecule has 1 amide bonds. The molecule has 3 aromatic rings. The van der Waals surface area contributed by atoms with Crippen LogP contribution in [0.5, 0.6) is 5.75 Å². The lowest BCUT2D eigenvalue weighted by molar-refractivity contribution is -0.119. The number of para-hydroxylation sites is 1. The van der Waals surface area contributed by atoms with Crippen LogP contribution in [0.2, 0.25) is 0 Å². The van der Waals surface area contributed by atoms with Gasteiger partial charge < -0.3 is 19.9 Å². The predicted molar refractivity (Wildman–Crippen MR) is 134 cm³/mol. The number of methoxy groups -OCH3 is 1. The first kappa shape index (κ1) is 22.2. The number of hydrogen-bond donors (Lipinski definition) is 1. The molecule has 2 aliphatic heterocycles. The first-order chi connectivity index (χ1) is 16.7. The van der Waals surface area contributed by atoms with Crippen molar-refractivity contribution in [3.05, 3.63) is 89.5 Å². The van der Waals surface area contributed by atoms with E-state index in [1.54, 1.807) is 19.2 Å². The quantitative estimate of drug-likeness (QED) is 0.569. The smallest absolute Gasteiger partial charge is 0.228 e. The Morgan fingerprint density at radius 1 is 1.00 bits per heavy atom. The predicted octanol–water partition coefficient (Wildman–Crippen LogP) is 4.01. The molecule has 1 fully saturated rings. The van der Waals surface area contributed by atoms with Gasteiger partial charge in [-0.15, -0.1) is 0 Å². The highest BCUT2D eigenvalue weighted by molar-refractivity contribution is 6.10. The topological polar surface area (TPSA) is 61.9 Å². The molecular formula is C28H29N3O3. The molecule has 1 unspecified atom stereocenters. The van der Waals surface area contributed by atoms with Gasteiger partial charge in [0.1, 0.15) is 5.75 Å². The number of Topliss-reactive ketones (excluding diaryl/α,β-unsaturated/α-hetero) is 1. The van der Waals surface area contributed by atoms with Crippen molar-refractivity contribution < 1.29 is 14.3 Å². The number of ether oxygens (including phenoxy) is 1. The Labute approximate surface area is 200 Å². The van der Waals surface area contributed by atoms with E-state index in [1.807, 2.05) is 53.4 Å². The summed E-state index contributed by atoms with van der Waals surface area (Å²) < 4.78 is 5.46. The highest BCUT2D eigenvalue weighted by Crippen LogP contribution is 2.41. The Kier molecular flexibility index (Phi) is 6.32. The molecule has 1 saturated heterocycles. The van der Waals surface area contributed by atoms with Gasteiger partial charge in [0, 0.05) is 44.0 Å². The third-order valence-corrected chi connectivity index (χ3v) is 6.71. The zero-order valence-electron chi connectivity index (χ0n) is 19.4. The van der Waals surface area contributed by atoms with E-state index in [0.717, 1.165) is 48.7 Å². The largest absolute Gasteiger partial charge is 0.496 e. The van der Waals surface area contributed by atoms with Crippen LogP contribution in [0.15, 0.2) is 72.8 Å². The van der Waals surface area contributed by atoms with Crippen molar-refractivity contribution in [1.82, 2.24) is 5.32 Å². The molecule has 6 heteroatoms. The van der Waals surface area contributed by atoms with E-state index < -0.39 is 5.92 Å². The normalized spacial score (nSPS) is 17.9. The summed E-state index contributed by atoms with van der Waals surface area (Å²) in [5.41, 5.74) is 4.38. The molecule has 2 aliphatic rings. The summed E-state index contributed by atoms with van der Waals surface area (Å²) in [5.74, 6) is -0.136. The van der Waals surface area contributed by atoms with Crippen molar-refractivity contribution >= 4 is 23.1 Å². The van der Waals surface area contributed by atoms with Crippen LogP contribution in [0, 0.1) is 0 Å². The third-order valence-electron chi connectivity index (χ3n) is 6.71. The van der Waals surface area contributed by atoms with Crippen molar-refractivity contribution in [2.24, 2.45) is 0 Å². The lowest BCUT2D eigenvalue weighted by atomic mass is 9.83. The molecule has 0 aromatic heterocycles. The van der Waals surface area contributed by atoms with E-state index in [-0.39, 0.29) is 18.1 Å². The van der Waals surface area contributed by atoms with Gasteiger partial charge in [0.15, 0.2) is 5.78 Å². The third kappa shape index (κ3) is 4.29. The minimum absolute atomic E-state index is 0.0421. The fourth-order valence-electron chi connectivity index (χ4n) is 4.92. The van der Waals surface area contributed by atoms with Gasteiger partial charge in [-0.05, 0) is 41.5 Å². The average Bonchev–Trinajstić information content (AvgIpc) is 2.90. The molecule has 34 heavy (non-hydrogen) atoms. The van der Waals surface area contributed by atoms with Crippen LogP contribution in [0.4, 0.5) is 11.4 Å². The lowest BCUT2D eigenvalue weighted by Crippen LogP contribution is -2.44. The number of nitrogens with one attached hydrogen (secondary N) is 1. The molecule has 1 atom stereocenters. The van der Waals surface area contributed by atoms with Gasteiger partial charge in [0.25, 0.3) is 0 Å². The van der Waals surface area contributed by atoms with Gasteiger partial charge in [-0.25, -0.2) is 0 Å². The molecule has 2 heterocycles. The molecule has 6 nitrogen and oxygen atoms in total. The number of carbonyl (C=O) groups excluding carboxylic acids is 2. The number of piperazine rings is 1. The summed E-state index contributed by atoms with van der Waals surface area (Å²) in [5, 5.41) is 3.39. The maximum Gasteiger partial charge on any atom is 0.228 e. The summed E-state index contributed by atoms with van der Waals surface area (Å²) >= 11 is 0. The number of ketones is 1. The molecule has 174 valence electrons. The zero-order valence-corrected chi connectivity index (χ0v) is 19.4. The van der Waals surface area contributed by atoms with Crippen LogP contribution >= 0.6 is 0 Å². The Hall–Kier alpha value is -3.64. The minimum atomic E-state index is -0.548. The van der Waals surface area contributed by atoms with Crippen molar-refractivity contribution in [3.8, 4) is 5.75 Å². The van der Waals surface area contributed by atoms with E-state index in [2.05, 4.69) is 22.3 Å². The molecule has 3 aromatic carbocycles. The average molecular weight is 456 g/mol. The van der Waals surface area contributed by atoms with E-state index in [9.17, 15) is 9.59 Å². The first-order valence-electron chi connectivity index (χ1n) is 11.8. The molecule has 5 rings (SSSR count). The molecule has 0 aliphatic carbocycles. The zero-order chi connectivity index (χ0) is 23.5. The van der Waals surface area contributed by atoms with E-state index in [4.69, 9.17) is 4.74 Å². The second-order valence-corrected chi connectivity index (χ2v) is 8.77. The highest BCUT2D eigenvalue weighted by Gasteiger charge is 2.37. The van der Waals surface area contributed by atoms with Crippen molar-refractivity contribution in [2.45, 2.75) is 18.9 Å². The molecule has 0 spiro atoms. The van der Waals surface area contributed by atoms with Crippen LogP contribution in [-0.2, 0) is 11.3 Å². The standard InChI is InChI=1S/C28H29N3O3/c1-34-26-10-6-5-9-22(26)28(33)24-18-27(32)31(19-20-7-3-2-4-8-20)25-12-11-21(17-23(24)25)30-15-13-29-14-16-30/h2-12,17,24,29H,13-16,18-19H2,1H3.